The first-order valence-corrected chi connectivity index (χ1v) is 5.22. The molecule has 0 aliphatic rings. The number of rotatable bonds is 3. The predicted octanol–water partition coefficient (Wildman–Crippen LogP) is 3.33. The fraction of sp³-hybridized carbons (Fsp3) is 0.300. The number of halogens is 2. The molecule has 0 aliphatic heterocycles. The van der Waals surface area contributed by atoms with Gasteiger partial charge in [0.25, 0.3) is 0 Å². The molecule has 0 spiro atoms. The van der Waals surface area contributed by atoms with Gasteiger partial charge in [0.1, 0.15) is 0 Å². The summed E-state index contributed by atoms with van der Waals surface area (Å²) in [4.78, 5) is 3.72. The predicted molar refractivity (Wildman–Crippen MR) is 56.4 cm³/mol. The van der Waals surface area contributed by atoms with Crippen LogP contribution in [0.2, 0.25) is 0 Å². The van der Waals surface area contributed by atoms with E-state index in [4.69, 9.17) is 0 Å². The van der Waals surface area contributed by atoms with Crippen molar-refractivity contribution in [2.45, 2.75) is 13.3 Å². The maximum atomic E-state index is 12.6. The van der Waals surface area contributed by atoms with Crippen LogP contribution >= 0.6 is 15.9 Å². The Kier molecular flexibility index (Phi) is 4.09. The molecule has 1 aromatic heterocycles. The van der Waals surface area contributed by atoms with Gasteiger partial charge < -0.3 is 0 Å². The molecule has 13 heavy (non-hydrogen) atoms. The monoisotopic (exact) mass is 243 g/mol. The molecule has 0 saturated heterocycles. The summed E-state index contributed by atoms with van der Waals surface area (Å²) >= 11 is 3.33. The van der Waals surface area contributed by atoms with Gasteiger partial charge in [-0.15, -0.1) is 0 Å². The minimum Gasteiger partial charge on any atom is -0.225 e. The molecule has 70 valence electrons. The van der Waals surface area contributed by atoms with Crippen LogP contribution in [0.25, 0.3) is 6.08 Å². The Morgan fingerprint density at radius 1 is 1.54 bits per heavy atom. The van der Waals surface area contributed by atoms with Crippen molar-refractivity contribution in [2.24, 2.45) is 0 Å². The Morgan fingerprint density at radius 3 is 2.92 bits per heavy atom. The van der Waals surface area contributed by atoms with Gasteiger partial charge in [0.2, 0.25) is 5.95 Å². The molecule has 0 fully saturated rings. The fourth-order valence-electron chi connectivity index (χ4n) is 0.991. The highest BCUT2D eigenvalue weighted by Gasteiger charge is 1.96. The summed E-state index contributed by atoms with van der Waals surface area (Å²) in [5.74, 6) is -0.421. The van der Waals surface area contributed by atoms with E-state index in [2.05, 4.69) is 20.9 Å². The van der Waals surface area contributed by atoms with E-state index in [9.17, 15) is 4.39 Å². The second kappa shape index (κ2) is 5.12. The summed E-state index contributed by atoms with van der Waals surface area (Å²) in [6.45, 7) is 1.80. The molecule has 3 heteroatoms. The van der Waals surface area contributed by atoms with Crippen LogP contribution in [0.3, 0.4) is 0 Å². The van der Waals surface area contributed by atoms with Gasteiger partial charge in [-0.1, -0.05) is 28.1 Å². The van der Waals surface area contributed by atoms with Crippen molar-refractivity contribution in [1.29, 1.82) is 0 Å². The maximum Gasteiger partial charge on any atom is 0.213 e. The van der Waals surface area contributed by atoms with Crippen LogP contribution in [0.4, 0.5) is 4.39 Å². The molecule has 1 nitrogen and oxygen atoms in total. The molecule has 0 N–H and O–H groups in total. The third kappa shape index (κ3) is 3.27. The van der Waals surface area contributed by atoms with Crippen molar-refractivity contribution in [3.63, 3.8) is 0 Å². The van der Waals surface area contributed by atoms with E-state index in [0.717, 1.165) is 23.0 Å². The quantitative estimate of drug-likeness (QED) is 0.587. The summed E-state index contributed by atoms with van der Waals surface area (Å²) in [7, 11) is 0. The van der Waals surface area contributed by atoms with Crippen molar-refractivity contribution in [2.75, 3.05) is 5.33 Å². The third-order valence-electron chi connectivity index (χ3n) is 1.67. The number of alkyl halides is 1. The zero-order chi connectivity index (χ0) is 9.68. The molecule has 0 aromatic carbocycles. The lowest BCUT2D eigenvalue weighted by atomic mass is 10.2. The third-order valence-corrected chi connectivity index (χ3v) is 2.12. The number of hydrogen-bond donors (Lipinski definition) is 0. The number of pyridine rings is 1. The first kappa shape index (κ1) is 10.4. The van der Waals surface area contributed by atoms with Gasteiger partial charge in [-0.3, -0.25) is 0 Å². The van der Waals surface area contributed by atoms with E-state index in [1.54, 1.807) is 13.0 Å². The second-order valence-electron chi connectivity index (χ2n) is 2.69. The number of allylic oxidation sites excluding steroid dienone is 1. The lowest BCUT2D eigenvalue weighted by molar-refractivity contribution is 0.580. The van der Waals surface area contributed by atoms with Gasteiger partial charge in [0.15, 0.2) is 0 Å². The van der Waals surface area contributed by atoms with E-state index in [0.29, 0.717) is 0 Å². The Bertz CT molecular complexity index is 310. The van der Waals surface area contributed by atoms with E-state index < -0.39 is 5.95 Å². The lowest BCUT2D eigenvalue weighted by Crippen LogP contribution is -1.89. The number of nitrogens with zero attached hydrogens (tertiary/aromatic N) is 1. The van der Waals surface area contributed by atoms with Gasteiger partial charge in [0.05, 0.1) is 0 Å². The average Bonchev–Trinajstić information content (AvgIpc) is 2.09. The van der Waals surface area contributed by atoms with E-state index >= 15 is 0 Å². The SMILES string of the molecule is Cc1nc(F)ccc1C=CCCBr. The molecule has 1 rings (SSSR count). The molecule has 0 amide bonds. The molecule has 0 unspecified atom stereocenters. The highest BCUT2D eigenvalue weighted by molar-refractivity contribution is 9.09. The maximum absolute atomic E-state index is 12.6. The Morgan fingerprint density at radius 2 is 2.31 bits per heavy atom. The first-order chi connectivity index (χ1) is 6.24. The molecule has 0 atom stereocenters. The molecule has 1 heterocycles. The van der Waals surface area contributed by atoms with Crippen molar-refractivity contribution in [3.8, 4) is 0 Å². The summed E-state index contributed by atoms with van der Waals surface area (Å²) < 4.78 is 12.6. The van der Waals surface area contributed by atoms with Gasteiger partial charge in [-0.25, -0.2) is 4.98 Å². The van der Waals surface area contributed by atoms with Crippen LogP contribution in [0, 0.1) is 12.9 Å². The largest absolute Gasteiger partial charge is 0.225 e. The minimum atomic E-state index is -0.421. The summed E-state index contributed by atoms with van der Waals surface area (Å²) in [5.41, 5.74) is 1.70. The normalized spacial score (nSPS) is 11.0. The highest BCUT2D eigenvalue weighted by Crippen LogP contribution is 2.08. The number of aromatic nitrogens is 1. The smallest absolute Gasteiger partial charge is 0.213 e. The Labute approximate surface area is 85.8 Å². The van der Waals surface area contributed by atoms with Crippen LogP contribution < -0.4 is 0 Å². The van der Waals surface area contributed by atoms with E-state index in [-0.39, 0.29) is 0 Å². The van der Waals surface area contributed by atoms with Gasteiger partial charge in [0, 0.05) is 11.0 Å². The molecule has 0 aliphatic carbocycles. The van der Waals surface area contributed by atoms with Gasteiger partial charge in [-0.2, -0.15) is 4.39 Å². The van der Waals surface area contributed by atoms with Crippen LogP contribution in [0.5, 0.6) is 0 Å². The van der Waals surface area contributed by atoms with Crippen LogP contribution in [0.15, 0.2) is 18.2 Å². The summed E-state index contributed by atoms with van der Waals surface area (Å²) in [6.07, 6.45) is 4.97. The topological polar surface area (TPSA) is 12.9 Å². The average molecular weight is 244 g/mol. The van der Waals surface area contributed by atoms with E-state index in [1.807, 2.05) is 12.2 Å². The molecule has 0 bridgehead atoms. The minimum absolute atomic E-state index is 0.421. The molecular weight excluding hydrogens is 233 g/mol. The van der Waals surface area contributed by atoms with Crippen LogP contribution in [0.1, 0.15) is 17.7 Å². The van der Waals surface area contributed by atoms with Crippen LogP contribution in [-0.2, 0) is 0 Å². The van der Waals surface area contributed by atoms with Gasteiger partial charge in [-0.05, 0) is 31.0 Å². The fourth-order valence-corrected chi connectivity index (χ4v) is 1.25. The molecule has 1 aromatic rings. The van der Waals surface area contributed by atoms with Crippen LogP contribution in [-0.4, -0.2) is 10.3 Å². The molecule has 0 radical (unpaired) electrons. The van der Waals surface area contributed by atoms with Crippen molar-refractivity contribution >= 4 is 22.0 Å². The first-order valence-electron chi connectivity index (χ1n) is 4.09. The standard InChI is InChI=1S/C10H11BrFN/c1-8-9(4-2-3-7-11)5-6-10(12)13-8/h2,4-6H,3,7H2,1H3. The molecular formula is C10H11BrFN. The van der Waals surface area contributed by atoms with Crippen molar-refractivity contribution < 1.29 is 4.39 Å². The van der Waals surface area contributed by atoms with Crippen molar-refractivity contribution in [3.05, 3.63) is 35.4 Å². The highest BCUT2D eigenvalue weighted by atomic mass is 79.9. The summed E-state index contributed by atoms with van der Waals surface area (Å²) in [5, 5.41) is 0.942. The Hall–Kier alpha value is -0.700. The lowest BCUT2D eigenvalue weighted by Gasteiger charge is -1.98. The Balaban J connectivity index is 2.77. The van der Waals surface area contributed by atoms with Crippen molar-refractivity contribution in [1.82, 2.24) is 4.98 Å². The molecule has 0 saturated carbocycles. The van der Waals surface area contributed by atoms with E-state index in [1.165, 1.54) is 6.07 Å². The van der Waals surface area contributed by atoms with Gasteiger partial charge >= 0.3 is 0 Å². The number of aryl methyl sites for hydroxylation is 1. The second-order valence-corrected chi connectivity index (χ2v) is 3.48. The zero-order valence-corrected chi connectivity index (χ0v) is 9.01. The zero-order valence-electron chi connectivity index (χ0n) is 7.43. The number of hydrogen-bond acceptors (Lipinski definition) is 1. The summed E-state index contributed by atoms with van der Waals surface area (Å²) in [6, 6.07) is 3.11.